The average molecular weight is 331 g/mol. The van der Waals surface area contributed by atoms with E-state index in [0.717, 1.165) is 18.2 Å². The standard InChI is InChI=1S/C17H12F3N3O/c1-2-15(24)21-14-10-23-9-3-4-13(23)16(22-14)11-5-7-12(8-6-11)17(18,19)20/h2-10H,1H2,(H,21,24). The molecule has 4 nitrogen and oxygen atoms in total. The molecule has 0 aliphatic heterocycles. The van der Waals surface area contributed by atoms with E-state index in [1.807, 2.05) is 0 Å². The Morgan fingerprint density at radius 2 is 1.92 bits per heavy atom. The highest BCUT2D eigenvalue weighted by molar-refractivity contribution is 5.98. The van der Waals surface area contributed by atoms with Crippen molar-refractivity contribution in [3.05, 3.63) is 67.0 Å². The molecule has 0 spiro atoms. The van der Waals surface area contributed by atoms with E-state index in [2.05, 4.69) is 16.9 Å². The number of benzene rings is 1. The van der Waals surface area contributed by atoms with E-state index in [1.165, 1.54) is 12.1 Å². The Bertz CT molecular complexity index is 911. The number of fused-ring (bicyclic) bond motifs is 1. The van der Waals surface area contributed by atoms with Crippen LogP contribution in [0.25, 0.3) is 16.8 Å². The van der Waals surface area contributed by atoms with Crippen LogP contribution in [0.5, 0.6) is 0 Å². The first-order valence-electron chi connectivity index (χ1n) is 6.97. The number of hydrogen-bond acceptors (Lipinski definition) is 2. The fraction of sp³-hybridized carbons (Fsp3) is 0.0588. The second-order valence-corrected chi connectivity index (χ2v) is 5.04. The van der Waals surface area contributed by atoms with Crippen LogP contribution in [0.1, 0.15) is 5.56 Å². The lowest BCUT2D eigenvalue weighted by atomic mass is 10.1. The van der Waals surface area contributed by atoms with Crippen molar-refractivity contribution in [1.29, 1.82) is 0 Å². The van der Waals surface area contributed by atoms with E-state index < -0.39 is 17.6 Å². The van der Waals surface area contributed by atoms with Crippen molar-refractivity contribution in [3.63, 3.8) is 0 Å². The zero-order valence-corrected chi connectivity index (χ0v) is 12.3. The second-order valence-electron chi connectivity index (χ2n) is 5.04. The Labute approximate surface area is 135 Å². The second kappa shape index (κ2) is 5.84. The van der Waals surface area contributed by atoms with Crippen LogP contribution in [-0.2, 0) is 11.0 Å². The number of hydrogen-bond donors (Lipinski definition) is 1. The van der Waals surface area contributed by atoms with Crippen molar-refractivity contribution in [1.82, 2.24) is 9.38 Å². The number of aromatic nitrogens is 2. The summed E-state index contributed by atoms with van der Waals surface area (Å²) < 4.78 is 39.8. The van der Waals surface area contributed by atoms with Crippen molar-refractivity contribution < 1.29 is 18.0 Å². The van der Waals surface area contributed by atoms with E-state index in [9.17, 15) is 18.0 Å². The molecule has 3 aromatic rings. The Hall–Kier alpha value is -3.09. The molecule has 0 saturated heterocycles. The Morgan fingerprint density at radius 3 is 2.54 bits per heavy atom. The minimum absolute atomic E-state index is 0.276. The molecule has 0 unspecified atom stereocenters. The maximum absolute atomic E-state index is 12.7. The zero-order valence-electron chi connectivity index (χ0n) is 12.3. The summed E-state index contributed by atoms with van der Waals surface area (Å²) in [6.07, 6.45) is 0.0912. The summed E-state index contributed by atoms with van der Waals surface area (Å²) in [4.78, 5) is 15.8. The molecule has 7 heteroatoms. The van der Waals surface area contributed by atoms with Gasteiger partial charge >= 0.3 is 6.18 Å². The van der Waals surface area contributed by atoms with Crippen LogP contribution in [0, 0.1) is 0 Å². The third-order valence-corrected chi connectivity index (χ3v) is 3.44. The van der Waals surface area contributed by atoms with Gasteiger partial charge in [-0.05, 0) is 30.3 Å². The van der Waals surface area contributed by atoms with Crippen molar-refractivity contribution in [2.45, 2.75) is 6.18 Å². The van der Waals surface area contributed by atoms with E-state index >= 15 is 0 Å². The minimum Gasteiger partial charge on any atom is -0.318 e. The molecule has 1 amide bonds. The molecule has 2 heterocycles. The number of amides is 1. The minimum atomic E-state index is -4.39. The molecule has 0 fully saturated rings. The van der Waals surface area contributed by atoms with Crippen LogP contribution in [-0.4, -0.2) is 15.3 Å². The molecule has 0 radical (unpaired) electrons. The summed E-state index contributed by atoms with van der Waals surface area (Å²) in [6.45, 7) is 3.37. The van der Waals surface area contributed by atoms with Gasteiger partial charge in [0.2, 0.25) is 5.91 Å². The van der Waals surface area contributed by atoms with Crippen molar-refractivity contribution in [2.75, 3.05) is 5.32 Å². The van der Waals surface area contributed by atoms with Crippen molar-refractivity contribution in [3.8, 4) is 11.3 Å². The topological polar surface area (TPSA) is 46.4 Å². The van der Waals surface area contributed by atoms with Gasteiger partial charge in [-0.2, -0.15) is 13.2 Å². The maximum Gasteiger partial charge on any atom is 0.416 e. The van der Waals surface area contributed by atoms with E-state index in [4.69, 9.17) is 0 Å². The van der Waals surface area contributed by atoms with Crippen LogP contribution in [0.3, 0.4) is 0 Å². The van der Waals surface area contributed by atoms with Gasteiger partial charge in [0.1, 0.15) is 5.82 Å². The largest absolute Gasteiger partial charge is 0.416 e. The lowest BCUT2D eigenvalue weighted by Crippen LogP contribution is -2.10. The number of nitrogens with one attached hydrogen (secondary N) is 1. The molecule has 0 saturated carbocycles. The van der Waals surface area contributed by atoms with Gasteiger partial charge in [-0.1, -0.05) is 18.7 Å². The van der Waals surface area contributed by atoms with Crippen molar-refractivity contribution in [2.24, 2.45) is 0 Å². The lowest BCUT2D eigenvalue weighted by molar-refractivity contribution is -0.137. The summed E-state index contributed by atoms with van der Waals surface area (Å²) in [7, 11) is 0. The zero-order chi connectivity index (χ0) is 17.3. The monoisotopic (exact) mass is 331 g/mol. The number of carbonyl (C=O) groups is 1. The summed E-state index contributed by atoms with van der Waals surface area (Å²) in [5, 5.41) is 2.55. The van der Waals surface area contributed by atoms with Gasteiger partial charge in [0, 0.05) is 11.8 Å². The van der Waals surface area contributed by atoms with Gasteiger partial charge in [-0.25, -0.2) is 4.98 Å². The average Bonchev–Trinajstić information content (AvgIpc) is 3.01. The smallest absolute Gasteiger partial charge is 0.318 e. The molecule has 0 bridgehead atoms. The predicted molar refractivity (Wildman–Crippen MR) is 84.5 cm³/mol. The van der Waals surface area contributed by atoms with Crippen LogP contribution in [0.15, 0.2) is 61.4 Å². The molecule has 24 heavy (non-hydrogen) atoms. The van der Waals surface area contributed by atoms with Gasteiger partial charge in [0.25, 0.3) is 0 Å². The quantitative estimate of drug-likeness (QED) is 0.733. The first kappa shape index (κ1) is 15.8. The van der Waals surface area contributed by atoms with E-state index in [0.29, 0.717) is 16.8 Å². The molecule has 0 aliphatic carbocycles. The van der Waals surface area contributed by atoms with Gasteiger partial charge in [0.15, 0.2) is 0 Å². The number of carbonyl (C=O) groups excluding carboxylic acids is 1. The molecule has 0 aliphatic rings. The highest BCUT2D eigenvalue weighted by Gasteiger charge is 2.30. The van der Waals surface area contributed by atoms with Gasteiger partial charge in [0.05, 0.1) is 23.0 Å². The van der Waals surface area contributed by atoms with Gasteiger partial charge in [-0.3, -0.25) is 4.79 Å². The summed E-state index contributed by atoms with van der Waals surface area (Å²) >= 11 is 0. The molecule has 1 aromatic carbocycles. The summed E-state index contributed by atoms with van der Waals surface area (Å²) in [6, 6.07) is 8.30. The van der Waals surface area contributed by atoms with Crippen LogP contribution in [0.4, 0.5) is 19.0 Å². The summed E-state index contributed by atoms with van der Waals surface area (Å²) in [5.41, 5.74) is 0.970. The Morgan fingerprint density at radius 1 is 1.21 bits per heavy atom. The fourth-order valence-electron chi connectivity index (χ4n) is 2.31. The normalized spacial score (nSPS) is 11.5. The molecule has 3 rings (SSSR count). The maximum atomic E-state index is 12.7. The van der Waals surface area contributed by atoms with Gasteiger partial charge < -0.3 is 9.72 Å². The molecule has 0 atom stereocenters. The van der Waals surface area contributed by atoms with Crippen LogP contribution < -0.4 is 5.32 Å². The van der Waals surface area contributed by atoms with Crippen LogP contribution in [0.2, 0.25) is 0 Å². The third kappa shape index (κ3) is 3.01. The number of alkyl halides is 3. The van der Waals surface area contributed by atoms with Gasteiger partial charge in [-0.15, -0.1) is 0 Å². The predicted octanol–water partition coefficient (Wildman–Crippen LogP) is 4.14. The highest BCUT2D eigenvalue weighted by atomic mass is 19.4. The molecular weight excluding hydrogens is 319 g/mol. The fourth-order valence-corrected chi connectivity index (χ4v) is 2.31. The third-order valence-electron chi connectivity index (χ3n) is 3.44. The lowest BCUT2D eigenvalue weighted by Gasteiger charge is -2.10. The highest BCUT2D eigenvalue weighted by Crippen LogP contribution is 2.32. The van der Waals surface area contributed by atoms with E-state index in [-0.39, 0.29) is 5.82 Å². The number of anilines is 1. The first-order chi connectivity index (χ1) is 11.4. The molecule has 2 aromatic heterocycles. The first-order valence-corrected chi connectivity index (χ1v) is 6.97. The van der Waals surface area contributed by atoms with E-state index in [1.54, 1.807) is 28.9 Å². The summed E-state index contributed by atoms with van der Waals surface area (Å²) in [5.74, 6) is -0.147. The number of rotatable bonds is 3. The number of halogens is 3. The van der Waals surface area contributed by atoms with Crippen LogP contribution >= 0.6 is 0 Å². The Kier molecular flexibility index (Phi) is 3.84. The van der Waals surface area contributed by atoms with Crippen molar-refractivity contribution >= 4 is 17.2 Å². The number of nitrogens with zero attached hydrogens (tertiary/aromatic N) is 2. The Balaban J connectivity index is 2.09. The SMILES string of the molecule is C=CC(=O)Nc1cn2cccc2c(-c2ccc(C(F)(F)F)cc2)n1. The molecule has 1 N–H and O–H groups in total. The molecular formula is C17H12F3N3O. The molecule has 122 valence electrons.